The van der Waals surface area contributed by atoms with Gasteiger partial charge >= 0.3 is 0 Å². The fourth-order valence-electron chi connectivity index (χ4n) is 3.03. The first-order valence-electron chi connectivity index (χ1n) is 9.83. The summed E-state index contributed by atoms with van der Waals surface area (Å²) in [7, 11) is 0. The molecule has 7 nitrogen and oxygen atoms in total. The number of hydrogen-bond acceptors (Lipinski definition) is 4. The second kappa shape index (κ2) is 9.84. The molecule has 0 aliphatic heterocycles. The summed E-state index contributed by atoms with van der Waals surface area (Å²) in [6.45, 7) is 5.15. The van der Waals surface area contributed by atoms with Gasteiger partial charge < -0.3 is 20.9 Å². The molecule has 156 valence electrons. The van der Waals surface area contributed by atoms with Gasteiger partial charge in [-0.1, -0.05) is 30.3 Å². The van der Waals surface area contributed by atoms with E-state index in [4.69, 9.17) is 25.9 Å². The minimum atomic E-state index is -0.515. The molecule has 0 bridgehead atoms. The van der Waals surface area contributed by atoms with Crippen molar-refractivity contribution in [3.05, 3.63) is 60.2 Å². The van der Waals surface area contributed by atoms with E-state index in [2.05, 4.69) is 4.99 Å². The van der Waals surface area contributed by atoms with Crippen LogP contribution in [0.1, 0.15) is 30.6 Å². The predicted molar refractivity (Wildman–Crippen MR) is 119 cm³/mol. The van der Waals surface area contributed by atoms with Crippen LogP contribution in [-0.2, 0) is 4.74 Å². The number of hydrogen-bond donors (Lipinski definition) is 2. The molecule has 2 aromatic carbocycles. The predicted octanol–water partition coefficient (Wildman–Crippen LogP) is 3.51. The zero-order valence-electron chi connectivity index (χ0n) is 17.2. The van der Waals surface area contributed by atoms with Gasteiger partial charge in [-0.3, -0.25) is 4.79 Å². The molecule has 0 aliphatic rings. The highest BCUT2D eigenvalue weighted by molar-refractivity contribution is 6.10. The largest absolute Gasteiger partial charge is 0.493 e. The van der Waals surface area contributed by atoms with Crippen molar-refractivity contribution in [3.63, 3.8) is 0 Å². The molecule has 7 heteroatoms. The Hall–Kier alpha value is -3.45. The van der Waals surface area contributed by atoms with Crippen molar-refractivity contribution in [1.29, 1.82) is 0 Å². The molecule has 1 heterocycles. The number of benzene rings is 2. The first kappa shape index (κ1) is 21.3. The van der Waals surface area contributed by atoms with E-state index in [-0.39, 0.29) is 12.1 Å². The first-order valence-corrected chi connectivity index (χ1v) is 9.83. The highest BCUT2D eigenvalue weighted by Gasteiger charge is 2.16. The number of fused-ring (bicyclic) bond motifs is 1. The van der Waals surface area contributed by atoms with E-state index in [1.807, 2.05) is 62.4 Å². The molecule has 0 saturated carbocycles. The fourth-order valence-corrected chi connectivity index (χ4v) is 3.03. The molecular formula is C23H26N4O3. The zero-order valence-corrected chi connectivity index (χ0v) is 17.2. The first-order chi connectivity index (χ1) is 14.5. The van der Waals surface area contributed by atoms with Crippen LogP contribution in [0.3, 0.4) is 0 Å². The Balaban J connectivity index is 1.95. The summed E-state index contributed by atoms with van der Waals surface area (Å²) in [6.07, 6.45) is 0.964. The summed E-state index contributed by atoms with van der Waals surface area (Å²) in [5.74, 6) is -0.112. The van der Waals surface area contributed by atoms with E-state index < -0.39 is 5.91 Å². The van der Waals surface area contributed by atoms with Gasteiger partial charge in [-0.05, 0) is 38.1 Å². The number of nitrogens with zero attached hydrogens (tertiary/aromatic N) is 2. The van der Waals surface area contributed by atoms with Crippen LogP contribution in [0.5, 0.6) is 5.75 Å². The van der Waals surface area contributed by atoms with Crippen LogP contribution in [0.4, 0.5) is 0 Å². The number of nitrogens with two attached hydrogens (primary N) is 2. The molecule has 1 aromatic heterocycles. The van der Waals surface area contributed by atoms with Crippen molar-refractivity contribution in [2.75, 3.05) is 13.2 Å². The van der Waals surface area contributed by atoms with Gasteiger partial charge in [0.15, 0.2) is 5.96 Å². The monoisotopic (exact) mass is 406 g/mol. The number of amides is 1. The molecule has 3 aromatic rings. The van der Waals surface area contributed by atoms with Gasteiger partial charge in [-0.25, -0.2) is 4.98 Å². The number of aliphatic imine (C=N–C) groups is 1. The van der Waals surface area contributed by atoms with E-state index in [0.29, 0.717) is 41.1 Å². The Kier molecular flexibility index (Phi) is 6.98. The molecule has 0 saturated heterocycles. The van der Waals surface area contributed by atoms with Crippen molar-refractivity contribution in [2.45, 2.75) is 26.4 Å². The molecule has 0 aliphatic carbocycles. The van der Waals surface area contributed by atoms with Gasteiger partial charge in [0.2, 0.25) is 0 Å². The normalized spacial score (nSPS) is 10.9. The number of aromatic nitrogens is 1. The van der Waals surface area contributed by atoms with E-state index in [1.54, 1.807) is 6.07 Å². The lowest BCUT2D eigenvalue weighted by Gasteiger charge is -2.13. The summed E-state index contributed by atoms with van der Waals surface area (Å²) in [6, 6.07) is 16.7. The SMILES string of the molecule is CC(C)OCCCOc1ccccc1-c1cc(C(=O)N=C(N)N)c2ccccc2n1. The number of para-hydroxylation sites is 2. The lowest BCUT2D eigenvalue weighted by Crippen LogP contribution is -2.24. The van der Waals surface area contributed by atoms with Gasteiger partial charge in [0, 0.05) is 17.4 Å². The van der Waals surface area contributed by atoms with Crippen LogP contribution in [0, 0.1) is 0 Å². The van der Waals surface area contributed by atoms with E-state index in [0.717, 1.165) is 12.0 Å². The van der Waals surface area contributed by atoms with Gasteiger partial charge in [0.1, 0.15) is 5.75 Å². The van der Waals surface area contributed by atoms with Crippen LogP contribution in [0.2, 0.25) is 0 Å². The average molecular weight is 406 g/mol. The third kappa shape index (κ3) is 5.33. The summed E-state index contributed by atoms with van der Waals surface area (Å²) in [4.78, 5) is 21.0. The molecule has 0 fully saturated rings. The van der Waals surface area contributed by atoms with Gasteiger partial charge in [-0.2, -0.15) is 4.99 Å². The van der Waals surface area contributed by atoms with Crippen molar-refractivity contribution in [1.82, 2.24) is 4.98 Å². The molecule has 30 heavy (non-hydrogen) atoms. The molecule has 0 atom stereocenters. The summed E-state index contributed by atoms with van der Waals surface area (Å²) in [5.41, 5.74) is 13.3. The van der Waals surface area contributed by atoms with Gasteiger partial charge in [0.05, 0.1) is 36.1 Å². The maximum Gasteiger partial charge on any atom is 0.280 e. The minimum absolute atomic E-state index is 0.195. The summed E-state index contributed by atoms with van der Waals surface area (Å²) >= 11 is 0. The fraction of sp³-hybridized carbons (Fsp3) is 0.261. The van der Waals surface area contributed by atoms with E-state index >= 15 is 0 Å². The van der Waals surface area contributed by atoms with Crippen molar-refractivity contribution < 1.29 is 14.3 Å². The van der Waals surface area contributed by atoms with Crippen LogP contribution in [-0.4, -0.2) is 36.2 Å². The van der Waals surface area contributed by atoms with Crippen molar-refractivity contribution in [3.8, 4) is 17.0 Å². The number of carbonyl (C=O) groups is 1. The van der Waals surface area contributed by atoms with Crippen LogP contribution in [0.15, 0.2) is 59.6 Å². The Morgan fingerprint density at radius 2 is 1.80 bits per heavy atom. The molecule has 4 N–H and O–H groups in total. The van der Waals surface area contributed by atoms with Crippen molar-refractivity contribution >= 4 is 22.8 Å². The third-order valence-electron chi connectivity index (χ3n) is 4.34. The smallest absolute Gasteiger partial charge is 0.280 e. The van der Waals surface area contributed by atoms with Gasteiger partial charge in [0.25, 0.3) is 5.91 Å². The Bertz CT molecular complexity index is 1060. The maximum atomic E-state index is 12.6. The molecule has 0 spiro atoms. The zero-order chi connectivity index (χ0) is 21.5. The Morgan fingerprint density at radius 1 is 1.07 bits per heavy atom. The highest BCUT2D eigenvalue weighted by Crippen LogP contribution is 2.32. The van der Waals surface area contributed by atoms with Crippen LogP contribution < -0.4 is 16.2 Å². The van der Waals surface area contributed by atoms with Gasteiger partial charge in [-0.15, -0.1) is 0 Å². The van der Waals surface area contributed by atoms with Crippen LogP contribution >= 0.6 is 0 Å². The van der Waals surface area contributed by atoms with Crippen molar-refractivity contribution in [2.24, 2.45) is 16.5 Å². The lowest BCUT2D eigenvalue weighted by molar-refractivity contribution is 0.0694. The Morgan fingerprint density at radius 3 is 2.57 bits per heavy atom. The number of ether oxygens (including phenoxy) is 2. The maximum absolute atomic E-state index is 12.6. The number of carbonyl (C=O) groups excluding carboxylic acids is 1. The molecule has 0 radical (unpaired) electrons. The molecule has 0 unspecified atom stereocenters. The highest BCUT2D eigenvalue weighted by atomic mass is 16.5. The van der Waals surface area contributed by atoms with Crippen LogP contribution in [0.25, 0.3) is 22.2 Å². The molecule has 1 amide bonds. The Labute approximate surface area is 175 Å². The second-order valence-corrected chi connectivity index (χ2v) is 7.03. The second-order valence-electron chi connectivity index (χ2n) is 7.03. The number of pyridine rings is 1. The standard InChI is InChI=1S/C23H26N4O3/c1-15(2)29-12-7-13-30-21-11-6-4-9-17(21)20-14-18(22(28)27-23(24)25)16-8-3-5-10-19(16)26-20/h3-6,8-11,14-15H,7,12-13H2,1-2H3,(H4,24,25,27,28). The van der Waals surface area contributed by atoms with E-state index in [9.17, 15) is 4.79 Å². The molecular weight excluding hydrogens is 380 g/mol. The topological polar surface area (TPSA) is 113 Å². The number of rotatable bonds is 8. The average Bonchev–Trinajstić information content (AvgIpc) is 2.72. The third-order valence-corrected chi connectivity index (χ3v) is 4.34. The summed E-state index contributed by atoms with van der Waals surface area (Å²) < 4.78 is 11.5. The van der Waals surface area contributed by atoms with E-state index in [1.165, 1.54) is 0 Å². The summed E-state index contributed by atoms with van der Waals surface area (Å²) in [5, 5.41) is 0.681. The minimum Gasteiger partial charge on any atom is -0.493 e. The lowest BCUT2D eigenvalue weighted by atomic mass is 10.0. The number of guanidine groups is 1. The quantitative estimate of drug-likeness (QED) is 0.336. The molecule has 3 rings (SSSR count).